The quantitative estimate of drug-likeness (QED) is 0.404. The Hall–Kier alpha value is 0.500. The van der Waals surface area contributed by atoms with E-state index >= 15 is 0 Å². The standard InChI is InChI=1S/C6H14N2.2ClH/c1-6-5-7-3-4-8(6)2;;/h6-7H,3-5H2,1-2H3;2*1H/p-2. The van der Waals surface area contributed by atoms with Gasteiger partial charge in [-0.15, -0.1) is 0 Å². The van der Waals surface area contributed by atoms with Crippen molar-refractivity contribution in [1.29, 1.82) is 0 Å². The molecule has 1 N–H and O–H groups in total. The molecular formula is C6H14Cl2N2-2. The van der Waals surface area contributed by atoms with Crippen LogP contribution in [0.15, 0.2) is 0 Å². The Labute approximate surface area is 75.2 Å². The molecule has 0 saturated carbocycles. The number of hydrogen-bond acceptors (Lipinski definition) is 2. The average molecular weight is 185 g/mol. The fourth-order valence-electron chi connectivity index (χ4n) is 0.943. The molecular weight excluding hydrogens is 171 g/mol. The molecule has 0 spiro atoms. The summed E-state index contributed by atoms with van der Waals surface area (Å²) in [6, 6.07) is 0.726. The van der Waals surface area contributed by atoms with Gasteiger partial charge in [0.2, 0.25) is 0 Å². The van der Waals surface area contributed by atoms with Gasteiger partial charge in [-0.25, -0.2) is 0 Å². The van der Waals surface area contributed by atoms with Crippen molar-refractivity contribution in [3.8, 4) is 0 Å². The molecule has 1 aliphatic rings. The molecule has 0 bridgehead atoms. The van der Waals surface area contributed by atoms with Crippen LogP contribution in [-0.2, 0) is 0 Å². The number of hydrogen-bond donors (Lipinski definition) is 1. The van der Waals surface area contributed by atoms with Crippen LogP contribution in [-0.4, -0.2) is 37.6 Å². The first-order chi connectivity index (χ1) is 3.80. The molecule has 0 aromatic carbocycles. The third-order valence-electron chi connectivity index (χ3n) is 1.83. The van der Waals surface area contributed by atoms with Gasteiger partial charge in [-0.05, 0) is 14.0 Å². The highest BCUT2D eigenvalue weighted by Crippen LogP contribution is 1.95. The van der Waals surface area contributed by atoms with E-state index in [2.05, 4.69) is 24.2 Å². The van der Waals surface area contributed by atoms with Crippen molar-refractivity contribution in [1.82, 2.24) is 10.2 Å². The van der Waals surface area contributed by atoms with Crippen LogP contribution >= 0.6 is 0 Å². The van der Waals surface area contributed by atoms with Gasteiger partial charge in [0.05, 0.1) is 0 Å². The lowest BCUT2D eigenvalue weighted by Crippen LogP contribution is -3.00. The average Bonchev–Trinajstić information content (AvgIpc) is 1.77. The van der Waals surface area contributed by atoms with E-state index in [0.29, 0.717) is 0 Å². The zero-order chi connectivity index (χ0) is 5.98. The van der Waals surface area contributed by atoms with Crippen molar-refractivity contribution >= 4 is 0 Å². The molecule has 0 aromatic heterocycles. The number of nitrogens with zero attached hydrogens (tertiary/aromatic N) is 1. The molecule has 1 saturated heterocycles. The van der Waals surface area contributed by atoms with Gasteiger partial charge in [0.25, 0.3) is 0 Å². The molecule has 0 radical (unpaired) electrons. The maximum Gasteiger partial charge on any atom is 0.0189 e. The number of rotatable bonds is 0. The molecule has 1 atom stereocenters. The highest BCUT2D eigenvalue weighted by Gasteiger charge is 2.11. The van der Waals surface area contributed by atoms with Crippen LogP contribution in [0.25, 0.3) is 0 Å². The molecule has 4 heteroatoms. The topological polar surface area (TPSA) is 15.3 Å². The molecule has 0 aliphatic carbocycles. The highest BCUT2D eigenvalue weighted by molar-refractivity contribution is 4.71. The number of halogens is 2. The SMILES string of the molecule is CC1CNCCN1C.[Cl-].[Cl-]. The first kappa shape index (κ1) is 13.1. The van der Waals surface area contributed by atoms with E-state index in [0.717, 1.165) is 19.1 Å². The summed E-state index contributed by atoms with van der Waals surface area (Å²) in [5, 5.41) is 3.32. The Morgan fingerprint density at radius 3 is 2.30 bits per heavy atom. The third-order valence-corrected chi connectivity index (χ3v) is 1.83. The fraction of sp³-hybridized carbons (Fsp3) is 1.00. The largest absolute Gasteiger partial charge is 1.00 e. The predicted molar refractivity (Wildman–Crippen MR) is 35.0 cm³/mol. The van der Waals surface area contributed by atoms with Crippen LogP contribution < -0.4 is 30.1 Å². The molecule has 2 nitrogen and oxygen atoms in total. The van der Waals surface area contributed by atoms with Crippen LogP contribution in [0.3, 0.4) is 0 Å². The first-order valence-corrected chi connectivity index (χ1v) is 3.21. The van der Waals surface area contributed by atoms with Crippen LogP contribution in [0.1, 0.15) is 6.92 Å². The van der Waals surface area contributed by atoms with Crippen LogP contribution in [0, 0.1) is 0 Å². The molecule has 1 fully saturated rings. The van der Waals surface area contributed by atoms with Crippen molar-refractivity contribution in [2.45, 2.75) is 13.0 Å². The smallest absolute Gasteiger partial charge is 0.0189 e. The minimum Gasteiger partial charge on any atom is -1.00 e. The molecule has 1 aliphatic heterocycles. The molecule has 1 unspecified atom stereocenters. The van der Waals surface area contributed by atoms with Gasteiger partial charge in [0, 0.05) is 25.7 Å². The Bertz CT molecular complexity index is 70.1. The normalized spacial score (nSPS) is 26.4. The summed E-state index contributed by atoms with van der Waals surface area (Å²) in [5.41, 5.74) is 0. The third kappa shape index (κ3) is 3.62. The Balaban J connectivity index is 0. The summed E-state index contributed by atoms with van der Waals surface area (Å²) in [4.78, 5) is 2.37. The predicted octanol–water partition coefficient (Wildman–Crippen LogP) is -6.08. The molecule has 1 rings (SSSR count). The number of piperazine rings is 1. The Morgan fingerprint density at radius 1 is 1.40 bits per heavy atom. The van der Waals surface area contributed by atoms with Gasteiger partial charge in [-0.2, -0.15) is 0 Å². The summed E-state index contributed by atoms with van der Waals surface area (Å²) in [6.07, 6.45) is 0. The molecule has 0 aromatic rings. The summed E-state index contributed by atoms with van der Waals surface area (Å²) in [6.45, 7) is 5.74. The van der Waals surface area contributed by atoms with E-state index in [1.54, 1.807) is 0 Å². The van der Waals surface area contributed by atoms with Gasteiger partial charge in [0.1, 0.15) is 0 Å². The lowest BCUT2D eigenvalue weighted by molar-refractivity contribution is -0.001000. The number of nitrogens with one attached hydrogen (secondary N) is 1. The second kappa shape index (κ2) is 6.23. The summed E-state index contributed by atoms with van der Waals surface area (Å²) in [5.74, 6) is 0. The minimum atomic E-state index is 0. The van der Waals surface area contributed by atoms with Crippen molar-refractivity contribution in [3.63, 3.8) is 0 Å². The lowest BCUT2D eigenvalue weighted by atomic mass is 10.2. The minimum absolute atomic E-state index is 0. The van der Waals surface area contributed by atoms with Crippen LogP contribution in [0.5, 0.6) is 0 Å². The second-order valence-electron chi connectivity index (χ2n) is 2.53. The monoisotopic (exact) mass is 184 g/mol. The lowest BCUT2D eigenvalue weighted by Gasteiger charge is -2.29. The van der Waals surface area contributed by atoms with Crippen LogP contribution in [0.2, 0.25) is 0 Å². The zero-order valence-corrected chi connectivity index (χ0v) is 7.91. The Morgan fingerprint density at radius 2 is 2.00 bits per heavy atom. The van der Waals surface area contributed by atoms with Gasteiger partial charge in [-0.3, -0.25) is 0 Å². The zero-order valence-electron chi connectivity index (χ0n) is 6.40. The van der Waals surface area contributed by atoms with Crippen LogP contribution in [0.4, 0.5) is 0 Å². The van der Waals surface area contributed by atoms with E-state index in [-0.39, 0.29) is 24.8 Å². The first-order valence-electron chi connectivity index (χ1n) is 3.21. The maximum absolute atomic E-state index is 3.32. The van der Waals surface area contributed by atoms with Crippen molar-refractivity contribution < 1.29 is 24.8 Å². The van der Waals surface area contributed by atoms with E-state index < -0.39 is 0 Å². The Kier molecular flexibility index (Phi) is 8.17. The van der Waals surface area contributed by atoms with Crippen molar-refractivity contribution in [3.05, 3.63) is 0 Å². The van der Waals surface area contributed by atoms with E-state index in [4.69, 9.17) is 0 Å². The molecule has 64 valence electrons. The van der Waals surface area contributed by atoms with Gasteiger partial charge in [-0.1, -0.05) is 0 Å². The summed E-state index contributed by atoms with van der Waals surface area (Å²) in [7, 11) is 2.17. The second-order valence-corrected chi connectivity index (χ2v) is 2.53. The van der Waals surface area contributed by atoms with Crippen molar-refractivity contribution in [2.75, 3.05) is 26.7 Å². The maximum atomic E-state index is 3.32. The summed E-state index contributed by atoms with van der Waals surface area (Å²) >= 11 is 0. The van der Waals surface area contributed by atoms with E-state index in [1.165, 1.54) is 6.54 Å². The summed E-state index contributed by atoms with van der Waals surface area (Å²) < 4.78 is 0. The van der Waals surface area contributed by atoms with E-state index in [1.807, 2.05) is 0 Å². The van der Waals surface area contributed by atoms with Gasteiger partial charge in [0.15, 0.2) is 0 Å². The fourth-order valence-corrected chi connectivity index (χ4v) is 0.943. The van der Waals surface area contributed by atoms with E-state index in [9.17, 15) is 0 Å². The van der Waals surface area contributed by atoms with Crippen molar-refractivity contribution in [2.24, 2.45) is 0 Å². The molecule has 1 heterocycles. The molecule has 10 heavy (non-hydrogen) atoms. The highest BCUT2D eigenvalue weighted by atomic mass is 35.5. The van der Waals surface area contributed by atoms with Gasteiger partial charge < -0.3 is 35.0 Å². The number of likely N-dealkylation sites (N-methyl/N-ethyl adjacent to an activating group) is 1. The molecule has 0 amide bonds. The van der Waals surface area contributed by atoms with Gasteiger partial charge >= 0.3 is 0 Å².